The van der Waals surface area contributed by atoms with Crippen molar-refractivity contribution in [2.45, 2.75) is 18.9 Å². The molecule has 2 aromatic carbocycles. The topological polar surface area (TPSA) is 29.5 Å². The molecule has 2 nitrogen and oxygen atoms in total. The smallest absolute Gasteiger partial charge is 0.128 e. The number of hydrogen-bond donors (Lipinski definition) is 1. The van der Waals surface area contributed by atoms with Crippen LogP contribution in [0.2, 0.25) is 0 Å². The Balaban J connectivity index is 2.05. The summed E-state index contributed by atoms with van der Waals surface area (Å²) in [5.74, 6) is 0.876. The van der Waals surface area contributed by atoms with Crippen LogP contribution in [-0.4, -0.2) is 11.7 Å². The average molecular weight is 366 g/mol. The fourth-order valence-corrected chi connectivity index (χ4v) is 3.18. The molecule has 0 saturated carbocycles. The molecular weight excluding hydrogens is 351 g/mol. The lowest BCUT2D eigenvalue weighted by molar-refractivity contribution is 0.206. The molecule has 1 atom stereocenters. The van der Waals surface area contributed by atoms with Crippen molar-refractivity contribution in [3.8, 4) is 5.75 Å². The largest absolute Gasteiger partial charge is 0.493 e. The van der Waals surface area contributed by atoms with E-state index in [9.17, 15) is 5.11 Å². The number of hydrogen-bond acceptors (Lipinski definition) is 2. The van der Waals surface area contributed by atoms with Crippen LogP contribution >= 0.6 is 22.6 Å². The van der Waals surface area contributed by atoms with Crippen LogP contribution in [0.4, 0.5) is 0 Å². The van der Waals surface area contributed by atoms with E-state index in [-0.39, 0.29) is 0 Å². The Bertz CT molecular complexity index is 595. The summed E-state index contributed by atoms with van der Waals surface area (Å²) in [6.45, 7) is 0.739. The average Bonchev–Trinajstić information content (AvgIpc) is 2.46. The minimum absolute atomic E-state index is 0.624. The number of aliphatic hydroxyl groups excluding tert-OH is 1. The van der Waals surface area contributed by atoms with Crippen molar-refractivity contribution in [3.63, 3.8) is 0 Å². The number of ether oxygens (including phenoxy) is 1. The zero-order valence-corrected chi connectivity index (χ0v) is 12.6. The van der Waals surface area contributed by atoms with Gasteiger partial charge in [0.15, 0.2) is 0 Å². The minimum atomic E-state index is -0.624. The van der Waals surface area contributed by atoms with Gasteiger partial charge in [-0.05, 0) is 52.6 Å². The molecule has 0 aliphatic carbocycles. The van der Waals surface area contributed by atoms with Gasteiger partial charge in [0.1, 0.15) is 11.9 Å². The van der Waals surface area contributed by atoms with Crippen LogP contribution in [0.3, 0.4) is 0 Å². The van der Waals surface area contributed by atoms with Gasteiger partial charge < -0.3 is 9.84 Å². The molecule has 19 heavy (non-hydrogen) atoms. The standard InChI is InChI=1S/C16H15IO2/c17-14-9-2-1-7-12(14)15(18)13-8-3-5-11-6-4-10-19-16(11)13/h1-3,5,7-9,15,18H,4,6,10H2. The Labute approximate surface area is 126 Å². The van der Waals surface area contributed by atoms with E-state index in [1.165, 1.54) is 5.56 Å². The van der Waals surface area contributed by atoms with E-state index >= 15 is 0 Å². The van der Waals surface area contributed by atoms with E-state index in [2.05, 4.69) is 28.7 Å². The van der Waals surface area contributed by atoms with Crippen molar-refractivity contribution in [2.75, 3.05) is 6.61 Å². The van der Waals surface area contributed by atoms with Crippen molar-refractivity contribution in [3.05, 3.63) is 62.7 Å². The number of halogens is 1. The number of benzene rings is 2. The molecule has 2 aromatic rings. The number of para-hydroxylation sites is 1. The molecule has 98 valence electrons. The maximum atomic E-state index is 10.6. The summed E-state index contributed by atoms with van der Waals surface area (Å²) in [5, 5.41) is 10.6. The first kappa shape index (κ1) is 12.9. The highest BCUT2D eigenvalue weighted by Crippen LogP contribution is 2.36. The van der Waals surface area contributed by atoms with E-state index in [1.54, 1.807) is 0 Å². The second-order valence-electron chi connectivity index (χ2n) is 4.71. The van der Waals surface area contributed by atoms with E-state index in [1.807, 2.05) is 36.4 Å². The minimum Gasteiger partial charge on any atom is -0.493 e. The van der Waals surface area contributed by atoms with E-state index in [0.717, 1.165) is 39.9 Å². The molecule has 3 rings (SSSR count). The molecule has 1 aliphatic heterocycles. The van der Waals surface area contributed by atoms with Crippen LogP contribution in [0.25, 0.3) is 0 Å². The molecule has 0 aromatic heterocycles. The lowest BCUT2D eigenvalue weighted by Crippen LogP contribution is -2.13. The molecule has 1 aliphatic rings. The normalized spacial score (nSPS) is 15.5. The summed E-state index contributed by atoms with van der Waals surface area (Å²) in [6, 6.07) is 14.0. The van der Waals surface area contributed by atoms with Crippen LogP contribution < -0.4 is 4.74 Å². The Morgan fingerprint density at radius 3 is 2.68 bits per heavy atom. The number of aryl methyl sites for hydroxylation is 1. The monoisotopic (exact) mass is 366 g/mol. The first-order valence-corrected chi connectivity index (χ1v) is 7.52. The van der Waals surface area contributed by atoms with E-state index in [4.69, 9.17) is 4.74 Å². The SMILES string of the molecule is OC(c1ccccc1I)c1cccc2c1OCCC2. The lowest BCUT2D eigenvalue weighted by atomic mass is 9.96. The molecule has 0 saturated heterocycles. The highest BCUT2D eigenvalue weighted by Gasteiger charge is 2.21. The summed E-state index contributed by atoms with van der Waals surface area (Å²) in [5.41, 5.74) is 3.01. The molecule has 0 bridgehead atoms. The molecular formula is C16H15IO2. The molecule has 0 amide bonds. The van der Waals surface area contributed by atoms with Crippen molar-refractivity contribution in [2.24, 2.45) is 0 Å². The highest BCUT2D eigenvalue weighted by molar-refractivity contribution is 14.1. The summed E-state index contributed by atoms with van der Waals surface area (Å²) >= 11 is 2.26. The fourth-order valence-electron chi connectivity index (χ4n) is 2.49. The zero-order valence-electron chi connectivity index (χ0n) is 10.5. The maximum absolute atomic E-state index is 10.6. The van der Waals surface area contributed by atoms with Crippen LogP contribution in [0, 0.1) is 3.57 Å². The van der Waals surface area contributed by atoms with Crippen LogP contribution in [0.5, 0.6) is 5.75 Å². The Morgan fingerprint density at radius 1 is 1.05 bits per heavy atom. The summed E-state index contributed by atoms with van der Waals surface area (Å²) in [7, 11) is 0. The molecule has 1 unspecified atom stereocenters. The number of rotatable bonds is 2. The first-order chi connectivity index (χ1) is 9.27. The third-order valence-corrected chi connectivity index (χ3v) is 4.44. The van der Waals surface area contributed by atoms with Gasteiger partial charge in [-0.25, -0.2) is 0 Å². The molecule has 0 spiro atoms. The molecule has 1 heterocycles. The summed E-state index contributed by atoms with van der Waals surface area (Å²) < 4.78 is 6.85. The predicted molar refractivity (Wildman–Crippen MR) is 83.5 cm³/mol. The molecule has 1 N–H and O–H groups in total. The van der Waals surface area contributed by atoms with Gasteiger partial charge in [0.05, 0.1) is 6.61 Å². The van der Waals surface area contributed by atoms with Gasteiger partial charge in [-0.15, -0.1) is 0 Å². The molecule has 0 fully saturated rings. The van der Waals surface area contributed by atoms with Crippen LogP contribution in [0.1, 0.15) is 29.2 Å². The lowest BCUT2D eigenvalue weighted by Gasteiger charge is -2.23. The van der Waals surface area contributed by atoms with Gasteiger partial charge >= 0.3 is 0 Å². The summed E-state index contributed by atoms with van der Waals surface area (Å²) in [6.07, 6.45) is 1.46. The van der Waals surface area contributed by atoms with Crippen LogP contribution in [0.15, 0.2) is 42.5 Å². The number of aliphatic hydroxyl groups is 1. The second kappa shape index (κ2) is 5.51. The van der Waals surface area contributed by atoms with E-state index in [0.29, 0.717) is 0 Å². The van der Waals surface area contributed by atoms with Gasteiger partial charge in [0.25, 0.3) is 0 Å². The van der Waals surface area contributed by atoms with Gasteiger partial charge in [-0.1, -0.05) is 36.4 Å². The Morgan fingerprint density at radius 2 is 1.84 bits per heavy atom. The molecule has 3 heteroatoms. The van der Waals surface area contributed by atoms with Crippen molar-refractivity contribution in [1.29, 1.82) is 0 Å². The molecule has 0 radical (unpaired) electrons. The Hall–Kier alpha value is -1.07. The van der Waals surface area contributed by atoms with Gasteiger partial charge in [0, 0.05) is 9.13 Å². The van der Waals surface area contributed by atoms with Crippen molar-refractivity contribution < 1.29 is 9.84 Å². The van der Waals surface area contributed by atoms with Crippen molar-refractivity contribution in [1.82, 2.24) is 0 Å². The van der Waals surface area contributed by atoms with Crippen LogP contribution in [-0.2, 0) is 6.42 Å². The zero-order chi connectivity index (χ0) is 13.2. The maximum Gasteiger partial charge on any atom is 0.128 e. The quantitative estimate of drug-likeness (QED) is 0.822. The fraction of sp³-hybridized carbons (Fsp3) is 0.250. The summed E-state index contributed by atoms with van der Waals surface area (Å²) in [4.78, 5) is 0. The second-order valence-corrected chi connectivity index (χ2v) is 5.87. The number of fused-ring (bicyclic) bond motifs is 1. The predicted octanol–water partition coefficient (Wildman–Crippen LogP) is 3.70. The van der Waals surface area contributed by atoms with E-state index < -0.39 is 6.10 Å². The van der Waals surface area contributed by atoms with Gasteiger partial charge in [-0.2, -0.15) is 0 Å². The highest BCUT2D eigenvalue weighted by atomic mass is 127. The van der Waals surface area contributed by atoms with Crippen molar-refractivity contribution >= 4 is 22.6 Å². The first-order valence-electron chi connectivity index (χ1n) is 6.44. The third-order valence-electron chi connectivity index (χ3n) is 3.46. The van der Waals surface area contributed by atoms with Gasteiger partial charge in [0.2, 0.25) is 0 Å². The third kappa shape index (κ3) is 2.49. The van der Waals surface area contributed by atoms with Gasteiger partial charge in [-0.3, -0.25) is 0 Å². The Kier molecular flexibility index (Phi) is 3.75.